The van der Waals surface area contributed by atoms with Crippen LogP contribution in [0.3, 0.4) is 0 Å². The third-order valence-corrected chi connectivity index (χ3v) is 5.30. The molecule has 0 bridgehead atoms. The fraction of sp³-hybridized carbons (Fsp3) is 0.462. The first-order valence-corrected chi connectivity index (χ1v) is 7.63. The summed E-state index contributed by atoms with van der Waals surface area (Å²) < 4.78 is 2.45. The number of aromatic nitrogens is 1. The molecule has 2 unspecified atom stereocenters. The lowest BCUT2D eigenvalue weighted by molar-refractivity contribution is 0.541. The van der Waals surface area contributed by atoms with Crippen LogP contribution in [0.2, 0.25) is 0 Å². The van der Waals surface area contributed by atoms with Crippen LogP contribution in [-0.2, 0) is 0 Å². The Morgan fingerprint density at radius 1 is 1.41 bits per heavy atom. The predicted molar refractivity (Wildman–Crippen MR) is 78.1 cm³/mol. The van der Waals surface area contributed by atoms with Crippen molar-refractivity contribution in [3.63, 3.8) is 0 Å². The third kappa shape index (κ3) is 3.00. The van der Waals surface area contributed by atoms with Gasteiger partial charge in [0.1, 0.15) is 0 Å². The molecule has 1 N–H and O–H groups in total. The highest BCUT2D eigenvalue weighted by Crippen LogP contribution is 2.33. The number of thioether (sulfide) groups is 1. The molecule has 2 aromatic rings. The van der Waals surface area contributed by atoms with Crippen LogP contribution in [-0.4, -0.2) is 23.3 Å². The number of hydrogen-bond acceptors (Lipinski definition) is 4. The fourth-order valence-electron chi connectivity index (χ4n) is 1.91. The maximum Gasteiger partial charge on any atom is 0.151 e. The molecule has 0 aliphatic heterocycles. The molecule has 1 aromatic heterocycles. The van der Waals surface area contributed by atoms with E-state index in [-0.39, 0.29) is 0 Å². The molecule has 1 heterocycles. The second-order valence-electron chi connectivity index (χ2n) is 4.07. The zero-order valence-corrected chi connectivity index (χ0v) is 12.1. The largest absolute Gasteiger partial charge is 0.316 e. The van der Waals surface area contributed by atoms with Gasteiger partial charge in [0.25, 0.3) is 0 Å². The van der Waals surface area contributed by atoms with E-state index in [2.05, 4.69) is 42.3 Å². The van der Waals surface area contributed by atoms with Crippen molar-refractivity contribution in [2.75, 3.05) is 7.05 Å². The van der Waals surface area contributed by atoms with Gasteiger partial charge in [0.15, 0.2) is 4.34 Å². The summed E-state index contributed by atoms with van der Waals surface area (Å²) in [6.07, 6.45) is 1.15. The van der Waals surface area contributed by atoms with Gasteiger partial charge in [0.05, 0.1) is 10.2 Å². The first-order chi connectivity index (χ1) is 8.24. The number of benzene rings is 1. The van der Waals surface area contributed by atoms with E-state index in [0.29, 0.717) is 11.3 Å². The number of hydrogen-bond donors (Lipinski definition) is 1. The lowest BCUT2D eigenvalue weighted by atomic mass is 10.2. The number of nitrogens with one attached hydrogen (secondary N) is 1. The van der Waals surface area contributed by atoms with Gasteiger partial charge in [-0.05, 0) is 25.6 Å². The molecule has 0 spiro atoms. The lowest BCUT2D eigenvalue weighted by Gasteiger charge is -2.20. The van der Waals surface area contributed by atoms with Crippen LogP contribution < -0.4 is 5.32 Å². The first-order valence-electron chi connectivity index (χ1n) is 5.94. The van der Waals surface area contributed by atoms with Crippen molar-refractivity contribution in [1.29, 1.82) is 0 Å². The highest BCUT2D eigenvalue weighted by molar-refractivity contribution is 8.01. The Bertz CT molecular complexity index is 444. The third-order valence-electron chi connectivity index (χ3n) is 2.94. The maximum atomic E-state index is 4.66. The molecule has 2 nitrogen and oxygen atoms in total. The number of para-hydroxylation sites is 1. The van der Waals surface area contributed by atoms with E-state index in [0.717, 1.165) is 11.9 Å². The lowest BCUT2D eigenvalue weighted by Crippen LogP contribution is -2.33. The summed E-state index contributed by atoms with van der Waals surface area (Å²) in [6.45, 7) is 4.48. The SMILES string of the molecule is CCC(NC)C(C)Sc1nc2ccccc2s1. The van der Waals surface area contributed by atoms with Gasteiger partial charge in [-0.25, -0.2) is 4.98 Å². The van der Waals surface area contributed by atoms with E-state index in [1.54, 1.807) is 11.3 Å². The average Bonchev–Trinajstić information content (AvgIpc) is 2.72. The second kappa shape index (κ2) is 5.85. The van der Waals surface area contributed by atoms with Crippen LogP contribution in [0.15, 0.2) is 28.6 Å². The van der Waals surface area contributed by atoms with Crippen molar-refractivity contribution in [2.24, 2.45) is 0 Å². The summed E-state index contributed by atoms with van der Waals surface area (Å²) in [7, 11) is 2.03. The van der Waals surface area contributed by atoms with E-state index >= 15 is 0 Å². The molecule has 0 saturated heterocycles. The summed E-state index contributed by atoms with van der Waals surface area (Å²) in [5.41, 5.74) is 1.12. The Kier molecular flexibility index (Phi) is 4.42. The minimum atomic E-state index is 0.547. The molecule has 1 aromatic carbocycles. The molecule has 4 heteroatoms. The molecule has 2 atom stereocenters. The second-order valence-corrected chi connectivity index (χ2v) is 6.73. The van der Waals surface area contributed by atoms with Gasteiger partial charge in [-0.2, -0.15) is 0 Å². The minimum absolute atomic E-state index is 0.547. The summed E-state index contributed by atoms with van der Waals surface area (Å²) in [5, 5.41) is 3.91. The summed E-state index contributed by atoms with van der Waals surface area (Å²) in [5.74, 6) is 0. The van der Waals surface area contributed by atoms with E-state index in [4.69, 9.17) is 0 Å². The van der Waals surface area contributed by atoms with Crippen molar-refractivity contribution in [1.82, 2.24) is 10.3 Å². The van der Waals surface area contributed by atoms with E-state index < -0.39 is 0 Å². The van der Waals surface area contributed by atoms with Crippen LogP contribution >= 0.6 is 23.1 Å². The molecule has 0 fully saturated rings. The van der Waals surface area contributed by atoms with Crippen LogP contribution in [0.5, 0.6) is 0 Å². The summed E-state index contributed by atoms with van der Waals surface area (Å²) in [4.78, 5) is 4.66. The van der Waals surface area contributed by atoms with Gasteiger partial charge in [0, 0.05) is 11.3 Å². The Labute approximate surface area is 111 Å². The van der Waals surface area contributed by atoms with Crippen molar-refractivity contribution in [3.05, 3.63) is 24.3 Å². The van der Waals surface area contributed by atoms with Crippen LogP contribution in [0.4, 0.5) is 0 Å². The van der Waals surface area contributed by atoms with Crippen LogP contribution in [0.1, 0.15) is 20.3 Å². The fourth-order valence-corrected chi connectivity index (χ4v) is 4.49. The molecule has 0 aliphatic rings. The Balaban J connectivity index is 2.12. The molecular weight excluding hydrogens is 248 g/mol. The normalized spacial score (nSPS) is 15.0. The van der Waals surface area contributed by atoms with Gasteiger partial charge in [-0.1, -0.05) is 37.7 Å². The number of rotatable bonds is 5. The zero-order chi connectivity index (χ0) is 12.3. The van der Waals surface area contributed by atoms with Crippen molar-refractivity contribution < 1.29 is 0 Å². The van der Waals surface area contributed by atoms with Gasteiger partial charge >= 0.3 is 0 Å². The average molecular weight is 266 g/mol. The van der Waals surface area contributed by atoms with Crippen molar-refractivity contribution in [2.45, 2.75) is 35.9 Å². The van der Waals surface area contributed by atoms with Crippen LogP contribution in [0.25, 0.3) is 10.2 Å². The molecule has 0 radical (unpaired) electrons. The molecule has 2 rings (SSSR count). The van der Waals surface area contributed by atoms with Crippen molar-refractivity contribution in [3.8, 4) is 0 Å². The van der Waals surface area contributed by atoms with Gasteiger partial charge in [-0.15, -0.1) is 11.3 Å². The molecule has 17 heavy (non-hydrogen) atoms. The minimum Gasteiger partial charge on any atom is -0.316 e. The zero-order valence-electron chi connectivity index (χ0n) is 10.4. The number of fused-ring (bicyclic) bond motifs is 1. The van der Waals surface area contributed by atoms with E-state index in [1.807, 2.05) is 24.9 Å². The quantitative estimate of drug-likeness (QED) is 0.834. The molecule has 0 saturated carbocycles. The smallest absolute Gasteiger partial charge is 0.151 e. The number of thiazole rings is 1. The van der Waals surface area contributed by atoms with E-state index in [9.17, 15) is 0 Å². The topological polar surface area (TPSA) is 24.9 Å². The van der Waals surface area contributed by atoms with Gasteiger partial charge < -0.3 is 5.32 Å². The Morgan fingerprint density at radius 3 is 2.82 bits per heavy atom. The maximum absolute atomic E-state index is 4.66. The van der Waals surface area contributed by atoms with Gasteiger partial charge in [0.2, 0.25) is 0 Å². The van der Waals surface area contributed by atoms with Gasteiger partial charge in [-0.3, -0.25) is 0 Å². The highest BCUT2D eigenvalue weighted by atomic mass is 32.2. The van der Waals surface area contributed by atoms with Crippen molar-refractivity contribution >= 4 is 33.3 Å². The number of nitrogens with zero attached hydrogens (tertiary/aromatic N) is 1. The monoisotopic (exact) mass is 266 g/mol. The molecule has 0 amide bonds. The molecule has 92 valence electrons. The summed E-state index contributed by atoms with van der Waals surface area (Å²) in [6, 6.07) is 8.88. The predicted octanol–water partition coefficient (Wildman–Crippen LogP) is 3.77. The van der Waals surface area contributed by atoms with Crippen LogP contribution in [0, 0.1) is 0 Å². The first kappa shape index (κ1) is 12.9. The summed E-state index contributed by atoms with van der Waals surface area (Å²) >= 11 is 3.66. The standard InChI is InChI=1S/C13H18N2S2/c1-4-10(14-3)9(2)16-13-15-11-7-5-6-8-12(11)17-13/h5-10,14H,4H2,1-3H3. The highest BCUT2D eigenvalue weighted by Gasteiger charge is 2.16. The molecular formula is C13H18N2S2. The Hall–Kier alpha value is -0.580. The molecule has 0 aliphatic carbocycles. The van der Waals surface area contributed by atoms with E-state index in [1.165, 1.54) is 9.04 Å². The Morgan fingerprint density at radius 2 is 2.18 bits per heavy atom.